The van der Waals surface area contributed by atoms with Gasteiger partial charge in [0.15, 0.2) is 0 Å². The maximum atomic E-state index is 5.68. The van der Waals surface area contributed by atoms with Gasteiger partial charge in [0.25, 0.3) is 0 Å². The molecule has 0 spiro atoms. The third-order valence-corrected chi connectivity index (χ3v) is 4.06. The lowest BCUT2D eigenvalue weighted by Gasteiger charge is -2.29. The lowest BCUT2D eigenvalue weighted by atomic mass is 10.1. The first-order valence-corrected chi connectivity index (χ1v) is 7.30. The van der Waals surface area contributed by atoms with E-state index in [1.165, 1.54) is 25.9 Å². The van der Waals surface area contributed by atoms with Gasteiger partial charge in [0.1, 0.15) is 5.75 Å². The predicted octanol–water partition coefficient (Wildman–Crippen LogP) is 3.31. The van der Waals surface area contributed by atoms with E-state index in [2.05, 4.69) is 20.8 Å². The lowest BCUT2D eigenvalue weighted by Crippen LogP contribution is -2.35. The Morgan fingerprint density at radius 1 is 1.18 bits per heavy atom. The van der Waals surface area contributed by atoms with Crippen LogP contribution < -0.4 is 4.74 Å². The Balaban J connectivity index is 1.57. The molecule has 1 heterocycles. The van der Waals surface area contributed by atoms with Gasteiger partial charge in [0.2, 0.25) is 0 Å². The fourth-order valence-corrected chi connectivity index (χ4v) is 2.53. The molecule has 2 rings (SSSR count). The number of para-hydroxylation sites is 1. The lowest BCUT2D eigenvalue weighted by molar-refractivity contribution is 0.208. The summed E-state index contributed by atoms with van der Waals surface area (Å²) in [4.78, 5) is 3.27. The Morgan fingerprint density at radius 3 is 2.59 bits per heavy atom. The fraction of sp³-hybridized carbons (Fsp3) is 0.571. The smallest absolute Gasteiger partial charge is 0.119 e. The maximum Gasteiger partial charge on any atom is 0.119 e. The highest BCUT2D eigenvalue weighted by Crippen LogP contribution is 2.17. The van der Waals surface area contributed by atoms with Crippen molar-refractivity contribution in [1.82, 2.24) is 4.90 Å². The fourth-order valence-electron chi connectivity index (χ4n) is 2.12. The van der Waals surface area contributed by atoms with Crippen LogP contribution in [0.2, 0.25) is 0 Å². The zero-order valence-electron chi connectivity index (χ0n) is 10.1. The number of hydrogen-bond donors (Lipinski definition) is 0. The Hall–Kier alpha value is -0.540. The molecule has 0 unspecified atom stereocenters. The van der Waals surface area contributed by atoms with Gasteiger partial charge in [0, 0.05) is 11.4 Å². The van der Waals surface area contributed by atoms with Crippen LogP contribution in [-0.4, -0.2) is 36.0 Å². The molecule has 1 aliphatic rings. The normalized spacial score (nSPS) is 18.2. The summed E-state index contributed by atoms with van der Waals surface area (Å²) in [5.74, 6) is 0.978. The van der Waals surface area contributed by atoms with Crippen molar-refractivity contribution >= 4 is 15.9 Å². The van der Waals surface area contributed by atoms with Crippen LogP contribution in [0.25, 0.3) is 0 Å². The van der Waals surface area contributed by atoms with Crippen molar-refractivity contribution in [3.63, 3.8) is 0 Å². The maximum absolute atomic E-state index is 5.68. The molecule has 0 saturated carbocycles. The molecule has 0 amide bonds. The number of halogens is 1. The molecule has 2 nitrogen and oxygen atoms in total. The van der Waals surface area contributed by atoms with Crippen LogP contribution in [0.3, 0.4) is 0 Å². The standard InChI is InChI=1S/C14H20BrNO/c15-13-7-10-16(11-8-13)9-4-12-17-14-5-2-1-3-6-14/h1-3,5-6,13H,4,7-12H2. The summed E-state index contributed by atoms with van der Waals surface area (Å²) in [6.07, 6.45) is 3.67. The summed E-state index contributed by atoms with van der Waals surface area (Å²) in [5.41, 5.74) is 0. The van der Waals surface area contributed by atoms with Crippen LogP contribution in [0.5, 0.6) is 5.75 Å². The SMILES string of the molecule is BrC1CCN(CCCOc2ccccc2)CC1. The van der Waals surface area contributed by atoms with Crippen molar-refractivity contribution in [2.24, 2.45) is 0 Å². The van der Waals surface area contributed by atoms with Crippen LogP contribution in [0.4, 0.5) is 0 Å². The second-order valence-electron chi connectivity index (χ2n) is 4.53. The Kier molecular flexibility index (Phi) is 5.33. The van der Waals surface area contributed by atoms with E-state index >= 15 is 0 Å². The average Bonchev–Trinajstić information content (AvgIpc) is 2.38. The van der Waals surface area contributed by atoms with Gasteiger partial charge in [0.05, 0.1) is 6.61 Å². The summed E-state index contributed by atoms with van der Waals surface area (Å²) in [5, 5.41) is 0. The molecule has 0 radical (unpaired) electrons. The Labute approximate surface area is 112 Å². The summed E-state index contributed by atoms with van der Waals surface area (Å²) >= 11 is 3.68. The van der Waals surface area contributed by atoms with Crippen molar-refractivity contribution in [2.75, 3.05) is 26.2 Å². The van der Waals surface area contributed by atoms with E-state index in [0.717, 1.165) is 30.1 Å². The van der Waals surface area contributed by atoms with Gasteiger partial charge in [-0.3, -0.25) is 0 Å². The molecule has 1 saturated heterocycles. The number of hydrogen-bond acceptors (Lipinski definition) is 2. The third-order valence-electron chi connectivity index (χ3n) is 3.15. The summed E-state index contributed by atoms with van der Waals surface area (Å²) in [7, 11) is 0. The van der Waals surface area contributed by atoms with Crippen molar-refractivity contribution in [2.45, 2.75) is 24.1 Å². The number of alkyl halides is 1. The van der Waals surface area contributed by atoms with Gasteiger partial charge in [-0.05, 0) is 44.5 Å². The first kappa shape index (κ1) is 12.9. The van der Waals surface area contributed by atoms with Gasteiger partial charge < -0.3 is 9.64 Å². The van der Waals surface area contributed by atoms with E-state index in [4.69, 9.17) is 4.74 Å². The number of likely N-dealkylation sites (tertiary alicyclic amines) is 1. The molecular formula is C14H20BrNO. The van der Waals surface area contributed by atoms with Crippen LogP contribution in [0, 0.1) is 0 Å². The predicted molar refractivity (Wildman–Crippen MR) is 74.9 cm³/mol. The van der Waals surface area contributed by atoms with E-state index in [1.807, 2.05) is 30.3 Å². The molecule has 94 valence electrons. The highest BCUT2D eigenvalue weighted by atomic mass is 79.9. The average molecular weight is 298 g/mol. The number of benzene rings is 1. The van der Waals surface area contributed by atoms with Gasteiger partial charge in [-0.25, -0.2) is 0 Å². The molecular weight excluding hydrogens is 278 g/mol. The van der Waals surface area contributed by atoms with Crippen LogP contribution in [0.1, 0.15) is 19.3 Å². The molecule has 0 aromatic heterocycles. The van der Waals surface area contributed by atoms with E-state index < -0.39 is 0 Å². The van der Waals surface area contributed by atoms with Crippen molar-refractivity contribution in [3.8, 4) is 5.75 Å². The zero-order valence-corrected chi connectivity index (χ0v) is 11.7. The molecule has 3 heteroatoms. The zero-order chi connectivity index (χ0) is 11.9. The first-order chi connectivity index (χ1) is 8.34. The molecule has 0 bridgehead atoms. The number of rotatable bonds is 5. The molecule has 1 fully saturated rings. The summed E-state index contributed by atoms with van der Waals surface area (Å²) < 4.78 is 5.68. The highest BCUT2D eigenvalue weighted by Gasteiger charge is 2.15. The number of piperidine rings is 1. The minimum absolute atomic E-state index is 0.735. The van der Waals surface area contributed by atoms with Gasteiger partial charge >= 0.3 is 0 Å². The van der Waals surface area contributed by atoms with E-state index in [1.54, 1.807) is 0 Å². The van der Waals surface area contributed by atoms with Crippen molar-refractivity contribution in [3.05, 3.63) is 30.3 Å². The minimum Gasteiger partial charge on any atom is -0.494 e. The van der Waals surface area contributed by atoms with E-state index in [0.29, 0.717) is 0 Å². The van der Waals surface area contributed by atoms with E-state index in [9.17, 15) is 0 Å². The van der Waals surface area contributed by atoms with Crippen LogP contribution in [-0.2, 0) is 0 Å². The Morgan fingerprint density at radius 2 is 1.88 bits per heavy atom. The number of ether oxygens (including phenoxy) is 1. The largest absolute Gasteiger partial charge is 0.494 e. The quantitative estimate of drug-likeness (QED) is 0.611. The molecule has 1 aromatic carbocycles. The molecule has 1 aromatic rings. The summed E-state index contributed by atoms with van der Waals surface area (Å²) in [6.45, 7) is 4.42. The van der Waals surface area contributed by atoms with Crippen molar-refractivity contribution < 1.29 is 4.74 Å². The molecule has 1 aliphatic heterocycles. The van der Waals surface area contributed by atoms with Gasteiger partial charge in [-0.1, -0.05) is 34.1 Å². The Bertz CT molecular complexity index is 309. The van der Waals surface area contributed by atoms with Crippen LogP contribution >= 0.6 is 15.9 Å². The van der Waals surface area contributed by atoms with Crippen molar-refractivity contribution in [1.29, 1.82) is 0 Å². The van der Waals surface area contributed by atoms with Gasteiger partial charge in [-0.15, -0.1) is 0 Å². The summed E-state index contributed by atoms with van der Waals surface area (Å²) in [6, 6.07) is 10.1. The monoisotopic (exact) mass is 297 g/mol. The van der Waals surface area contributed by atoms with E-state index in [-0.39, 0.29) is 0 Å². The molecule has 0 atom stereocenters. The molecule has 17 heavy (non-hydrogen) atoms. The second-order valence-corrected chi connectivity index (χ2v) is 5.83. The third kappa shape index (κ3) is 4.68. The molecule has 0 N–H and O–H groups in total. The number of nitrogens with zero attached hydrogens (tertiary/aromatic N) is 1. The molecule has 0 aliphatic carbocycles. The first-order valence-electron chi connectivity index (χ1n) is 6.39. The van der Waals surface area contributed by atoms with Crippen LogP contribution in [0.15, 0.2) is 30.3 Å². The second kappa shape index (κ2) is 7.02. The minimum atomic E-state index is 0.735. The van der Waals surface area contributed by atoms with Gasteiger partial charge in [-0.2, -0.15) is 0 Å². The topological polar surface area (TPSA) is 12.5 Å². The highest BCUT2D eigenvalue weighted by molar-refractivity contribution is 9.09.